The van der Waals surface area contributed by atoms with Crippen molar-refractivity contribution in [2.75, 3.05) is 27.2 Å². The zero-order chi connectivity index (χ0) is 29.1. The van der Waals surface area contributed by atoms with Gasteiger partial charge in [0.15, 0.2) is 0 Å². The molecule has 9 heteroatoms. The van der Waals surface area contributed by atoms with Gasteiger partial charge >= 0.3 is 6.09 Å². The third-order valence-corrected chi connectivity index (χ3v) is 6.71. The van der Waals surface area contributed by atoms with Crippen molar-refractivity contribution < 1.29 is 23.8 Å². The van der Waals surface area contributed by atoms with Gasteiger partial charge in [-0.1, -0.05) is 62.4 Å². The normalized spacial score (nSPS) is 14.8. The lowest BCUT2D eigenvalue weighted by Crippen LogP contribution is -2.52. The van der Waals surface area contributed by atoms with E-state index in [4.69, 9.17) is 14.2 Å². The zero-order valence-corrected chi connectivity index (χ0v) is 23.8. The first-order valence-electron chi connectivity index (χ1n) is 13.5. The highest BCUT2D eigenvalue weighted by Crippen LogP contribution is 2.39. The molecule has 0 radical (unpaired) electrons. The second-order valence-corrected chi connectivity index (χ2v) is 9.43. The maximum absolute atomic E-state index is 12.5. The average molecular weight is 549 g/mol. The summed E-state index contributed by atoms with van der Waals surface area (Å²) in [4.78, 5) is 27.9. The molecule has 5 rings (SSSR count). The molecule has 3 aromatic rings. The van der Waals surface area contributed by atoms with Crippen LogP contribution in [-0.2, 0) is 22.7 Å². The Morgan fingerprint density at radius 3 is 2.17 bits per heavy atom. The lowest BCUT2D eigenvalue weighted by atomic mass is 9.98. The van der Waals surface area contributed by atoms with Gasteiger partial charge in [-0.15, -0.1) is 0 Å². The van der Waals surface area contributed by atoms with Gasteiger partial charge < -0.3 is 24.0 Å². The van der Waals surface area contributed by atoms with Crippen molar-refractivity contribution in [2.45, 2.75) is 45.7 Å². The summed E-state index contributed by atoms with van der Waals surface area (Å²) in [5.41, 5.74) is 4.67. The Bertz CT molecular complexity index is 1240. The van der Waals surface area contributed by atoms with Gasteiger partial charge in [-0.2, -0.15) is 0 Å². The number of nitrogens with zero attached hydrogens (tertiary/aromatic N) is 2. The number of hydrogen-bond acceptors (Lipinski definition) is 7. The molecule has 4 N–H and O–H groups in total. The average Bonchev–Trinajstić information content (AvgIpc) is 3.02. The molecule has 2 aliphatic heterocycles. The van der Waals surface area contributed by atoms with Gasteiger partial charge in [-0.3, -0.25) is 16.5 Å². The molecule has 1 fully saturated rings. The molecule has 0 bridgehead atoms. The van der Waals surface area contributed by atoms with Crippen molar-refractivity contribution in [2.24, 2.45) is 11.7 Å². The lowest BCUT2D eigenvalue weighted by molar-refractivity contribution is -0.226. The van der Waals surface area contributed by atoms with Crippen LogP contribution in [0.1, 0.15) is 48.2 Å². The third kappa shape index (κ3) is 7.38. The van der Waals surface area contributed by atoms with Crippen molar-refractivity contribution in [3.8, 4) is 16.9 Å². The molecule has 0 aromatic heterocycles. The van der Waals surface area contributed by atoms with E-state index in [1.807, 2.05) is 80.6 Å². The molecule has 2 aliphatic rings. The van der Waals surface area contributed by atoms with E-state index in [1.54, 1.807) is 23.9 Å². The fraction of sp³-hybridized carbons (Fsp3) is 0.355. The van der Waals surface area contributed by atoms with Crippen LogP contribution in [0, 0.1) is 0 Å². The number of carbonyl (C=O) groups is 2. The number of amides is 2. The summed E-state index contributed by atoms with van der Waals surface area (Å²) >= 11 is 0. The lowest BCUT2D eigenvalue weighted by Gasteiger charge is -2.43. The van der Waals surface area contributed by atoms with E-state index < -0.39 is 5.79 Å². The van der Waals surface area contributed by atoms with Gasteiger partial charge in [0.05, 0.1) is 6.61 Å². The molecular formula is C31H40N4O5. The van der Waals surface area contributed by atoms with Crippen LogP contribution in [0.4, 0.5) is 4.79 Å². The summed E-state index contributed by atoms with van der Waals surface area (Å²) in [5, 5.41) is 0. The van der Waals surface area contributed by atoms with Gasteiger partial charge in [-0.25, -0.2) is 4.79 Å². The minimum atomic E-state index is -0.723. The van der Waals surface area contributed by atoms with Crippen LogP contribution in [0.3, 0.4) is 0 Å². The molecule has 2 heterocycles. The summed E-state index contributed by atoms with van der Waals surface area (Å²) < 4.78 is 18.0. The molecule has 1 saturated heterocycles. The number of hydrazine groups is 1. The number of benzene rings is 3. The number of piperidine rings is 1. The van der Waals surface area contributed by atoms with Crippen molar-refractivity contribution >= 4 is 12.0 Å². The van der Waals surface area contributed by atoms with E-state index in [0.717, 1.165) is 28.0 Å². The Morgan fingerprint density at radius 2 is 1.55 bits per heavy atom. The monoisotopic (exact) mass is 548 g/mol. The van der Waals surface area contributed by atoms with Crippen LogP contribution in [0.5, 0.6) is 5.75 Å². The molecule has 9 nitrogen and oxygen atoms in total. The topological polar surface area (TPSA) is 120 Å². The predicted molar refractivity (Wildman–Crippen MR) is 155 cm³/mol. The summed E-state index contributed by atoms with van der Waals surface area (Å²) in [6, 6.07) is 23.3. The van der Waals surface area contributed by atoms with Gasteiger partial charge in [0, 0.05) is 51.2 Å². The summed E-state index contributed by atoms with van der Waals surface area (Å²) in [5.74, 6) is 8.07. The summed E-state index contributed by atoms with van der Waals surface area (Å²) in [7, 11) is 3.49. The molecular weight excluding hydrogens is 508 g/mol. The number of rotatable bonds is 4. The highest BCUT2D eigenvalue weighted by atomic mass is 16.7. The number of ether oxygens (including phenoxy) is 3. The smallest absolute Gasteiger partial charge is 0.410 e. The second kappa shape index (κ2) is 14.5. The standard InChI is InChI=1S/C29H30N2O5.C2H6.H4N2/c1-30(2)27(32)23-10-8-22(9-11-23)24-12-13-26-25(18-24)20-35-29(36-26)14-16-31(17-15-29)28(33)34-19-21-6-4-3-5-7-21;2*1-2/h3-13,18H,14-17,19-20H2,1-2H3;1-2H3;1-2H2. The number of carbonyl (C=O) groups excluding carboxylic acids is 2. The second-order valence-electron chi connectivity index (χ2n) is 9.43. The third-order valence-electron chi connectivity index (χ3n) is 6.71. The Morgan fingerprint density at radius 1 is 0.925 bits per heavy atom. The quantitative estimate of drug-likeness (QED) is 0.350. The largest absolute Gasteiger partial charge is 0.462 e. The van der Waals surface area contributed by atoms with Crippen molar-refractivity contribution in [1.29, 1.82) is 0 Å². The first-order chi connectivity index (χ1) is 19.4. The van der Waals surface area contributed by atoms with E-state index in [1.165, 1.54) is 0 Å². The van der Waals surface area contributed by atoms with Gasteiger partial charge in [0.1, 0.15) is 12.4 Å². The van der Waals surface area contributed by atoms with Crippen LogP contribution >= 0.6 is 0 Å². The first kappa shape index (κ1) is 30.6. The molecule has 40 heavy (non-hydrogen) atoms. The highest BCUT2D eigenvalue weighted by Gasteiger charge is 2.42. The summed E-state index contributed by atoms with van der Waals surface area (Å²) in [6.45, 7) is 5.73. The Kier molecular flexibility index (Phi) is 11.1. The SMILES string of the molecule is CC.CN(C)C(=O)c1ccc(-c2ccc3c(c2)COC2(CCN(C(=O)OCc4ccccc4)CC2)O3)cc1.NN. The van der Waals surface area contributed by atoms with Crippen LogP contribution in [-0.4, -0.2) is 54.8 Å². The molecule has 0 saturated carbocycles. The van der Waals surface area contributed by atoms with E-state index in [9.17, 15) is 9.59 Å². The minimum Gasteiger partial charge on any atom is -0.462 e. The number of likely N-dealkylation sites (tertiary alicyclic amines) is 1. The van der Waals surface area contributed by atoms with Crippen LogP contribution < -0.4 is 16.4 Å². The van der Waals surface area contributed by atoms with Gasteiger partial charge in [0.25, 0.3) is 5.91 Å². The molecule has 0 unspecified atom stereocenters. The Labute approximate surface area is 236 Å². The van der Waals surface area contributed by atoms with E-state index in [2.05, 4.69) is 17.8 Å². The van der Waals surface area contributed by atoms with Crippen molar-refractivity contribution in [3.05, 3.63) is 89.5 Å². The number of hydrogen-bond donors (Lipinski definition) is 2. The van der Waals surface area contributed by atoms with Crippen LogP contribution in [0.25, 0.3) is 11.1 Å². The maximum atomic E-state index is 12.5. The molecule has 0 aliphatic carbocycles. The number of nitrogens with two attached hydrogens (primary N) is 2. The first-order valence-corrected chi connectivity index (χ1v) is 13.5. The molecule has 214 valence electrons. The Balaban J connectivity index is 0.00000106. The van der Waals surface area contributed by atoms with E-state index in [0.29, 0.717) is 38.1 Å². The minimum absolute atomic E-state index is 0.0189. The fourth-order valence-electron chi connectivity index (χ4n) is 4.56. The summed E-state index contributed by atoms with van der Waals surface area (Å²) in [6.07, 6.45) is 0.847. The molecule has 1 spiro atoms. The molecule has 0 atom stereocenters. The van der Waals surface area contributed by atoms with Crippen LogP contribution in [0.15, 0.2) is 72.8 Å². The number of fused-ring (bicyclic) bond motifs is 1. The van der Waals surface area contributed by atoms with E-state index in [-0.39, 0.29) is 18.6 Å². The van der Waals surface area contributed by atoms with Crippen LogP contribution in [0.2, 0.25) is 0 Å². The maximum Gasteiger partial charge on any atom is 0.410 e. The van der Waals surface area contributed by atoms with Gasteiger partial charge in [0.2, 0.25) is 5.79 Å². The van der Waals surface area contributed by atoms with E-state index >= 15 is 0 Å². The zero-order valence-electron chi connectivity index (χ0n) is 23.8. The van der Waals surface area contributed by atoms with Crippen molar-refractivity contribution in [3.63, 3.8) is 0 Å². The predicted octanol–water partition coefficient (Wildman–Crippen LogP) is 4.94. The Hall–Kier alpha value is -3.92. The molecule has 2 amide bonds. The molecule has 3 aromatic carbocycles. The highest BCUT2D eigenvalue weighted by molar-refractivity contribution is 5.94. The van der Waals surface area contributed by atoms with Crippen molar-refractivity contribution in [1.82, 2.24) is 9.80 Å². The van der Waals surface area contributed by atoms with Gasteiger partial charge in [-0.05, 0) is 41.0 Å². The fourth-order valence-corrected chi connectivity index (χ4v) is 4.56.